The van der Waals surface area contributed by atoms with Gasteiger partial charge in [-0.3, -0.25) is 4.79 Å². The monoisotopic (exact) mass is 282 g/mol. The Bertz CT molecular complexity index is 482. The molecule has 0 bridgehead atoms. The van der Waals surface area contributed by atoms with E-state index in [9.17, 15) is 9.90 Å². The second-order valence-corrected chi connectivity index (χ2v) is 5.66. The Balaban J connectivity index is 2.11. The fraction of sp³-hybridized carbons (Fsp3) is 0.500. The van der Waals surface area contributed by atoms with E-state index in [1.54, 1.807) is 12.1 Å². The van der Waals surface area contributed by atoms with Gasteiger partial charge < -0.3 is 15.3 Å². The molecule has 0 aliphatic heterocycles. The van der Waals surface area contributed by atoms with E-state index in [1.165, 1.54) is 0 Å². The molecular formula is C14H19ClN2O2. The quantitative estimate of drug-likeness (QED) is 0.896. The molecule has 0 spiro atoms. The third kappa shape index (κ3) is 3.01. The molecule has 4 nitrogen and oxygen atoms in total. The molecule has 2 N–H and O–H groups in total. The summed E-state index contributed by atoms with van der Waals surface area (Å²) in [7, 11) is 3.81. The third-order valence-electron chi connectivity index (χ3n) is 3.54. The average molecular weight is 283 g/mol. The summed E-state index contributed by atoms with van der Waals surface area (Å²) >= 11 is 6.15. The smallest absolute Gasteiger partial charge is 0.256 e. The summed E-state index contributed by atoms with van der Waals surface area (Å²) in [5.41, 5.74) is 0.285. The highest BCUT2D eigenvalue weighted by Gasteiger charge is 2.38. The summed E-state index contributed by atoms with van der Waals surface area (Å²) in [5, 5.41) is 13.5. The van der Waals surface area contributed by atoms with Gasteiger partial charge in [-0.1, -0.05) is 11.6 Å². The van der Waals surface area contributed by atoms with E-state index in [4.69, 9.17) is 11.6 Å². The molecule has 0 aromatic heterocycles. The Morgan fingerprint density at radius 2 is 2.00 bits per heavy atom. The Labute approximate surface area is 118 Å². The van der Waals surface area contributed by atoms with Gasteiger partial charge in [0.25, 0.3) is 5.91 Å². The summed E-state index contributed by atoms with van der Waals surface area (Å²) in [6.07, 6.45) is 2.85. The van der Waals surface area contributed by atoms with E-state index in [2.05, 4.69) is 5.32 Å². The number of hydrogen-bond donors (Lipinski definition) is 2. The molecule has 1 aliphatic carbocycles. The van der Waals surface area contributed by atoms with Crippen molar-refractivity contribution in [2.75, 3.05) is 24.3 Å². The number of nitrogens with zero attached hydrogens (tertiary/aromatic N) is 1. The number of carbonyl (C=O) groups excluding carboxylic acids is 1. The lowest BCUT2D eigenvalue weighted by Gasteiger charge is -2.21. The van der Waals surface area contributed by atoms with Crippen LogP contribution in [0.25, 0.3) is 0 Å². The second-order valence-electron chi connectivity index (χ2n) is 5.25. The molecule has 5 heteroatoms. The predicted molar refractivity (Wildman–Crippen MR) is 77.8 cm³/mol. The van der Waals surface area contributed by atoms with Crippen molar-refractivity contribution < 1.29 is 9.90 Å². The predicted octanol–water partition coefficient (Wildman–Crippen LogP) is 2.65. The van der Waals surface area contributed by atoms with Crippen LogP contribution < -0.4 is 10.2 Å². The minimum atomic E-state index is -1.22. The third-order valence-corrected chi connectivity index (χ3v) is 3.84. The number of amides is 1. The fourth-order valence-electron chi connectivity index (χ4n) is 2.38. The number of carbonyl (C=O) groups is 1. The molecule has 104 valence electrons. The lowest BCUT2D eigenvalue weighted by Crippen LogP contribution is -2.40. The normalized spacial score (nSPS) is 17.3. The molecule has 0 atom stereocenters. The Hall–Kier alpha value is -1.26. The van der Waals surface area contributed by atoms with Crippen LogP contribution >= 0.6 is 11.6 Å². The lowest BCUT2D eigenvalue weighted by molar-refractivity contribution is -0.133. The number of halogens is 1. The summed E-state index contributed by atoms with van der Waals surface area (Å²) in [4.78, 5) is 14.0. The molecule has 2 rings (SSSR count). The van der Waals surface area contributed by atoms with Gasteiger partial charge in [-0.05, 0) is 43.9 Å². The van der Waals surface area contributed by atoms with Gasteiger partial charge >= 0.3 is 0 Å². The second kappa shape index (κ2) is 5.39. The number of aliphatic hydroxyl groups is 1. The molecule has 1 amide bonds. The zero-order valence-corrected chi connectivity index (χ0v) is 12.0. The molecule has 19 heavy (non-hydrogen) atoms. The van der Waals surface area contributed by atoms with Crippen molar-refractivity contribution in [2.45, 2.75) is 31.3 Å². The van der Waals surface area contributed by atoms with Gasteiger partial charge in [-0.15, -0.1) is 0 Å². The highest BCUT2D eigenvalue weighted by Crippen LogP contribution is 2.32. The Morgan fingerprint density at radius 1 is 1.37 bits per heavy atom. The first-order valence-electron chi connectivity index (χ1n) is 6.43. The zero-order chi connectivity index (χ0) is 14.0. The van der Waals surface area contributed by atoms with Crippen LogP contribution in [0.2, 0.25) is 5.02 Å². The van der Waals surface area contributed by atoms with Crippen LogP contribution in [0.3, 0.4) is 0 Å². The zero-order valence-electron chi connectivity index (χ0n) is 11.2. The van der Waals surface area contributed by atoms with Gasteiger partial charge in [0.15, 0.2) is 0 Å². The van der Waals surface area contributed by atoms with E-state index < -0.39 is 5.60 Å². The molecule has 0 saturated heterocycles. The summed E-state index contributed by atoms with van der Waals surface area (Å²) in [5.74, 6) is -0.335. The summed E-state index contributed by atoms with van der Waals surface area (Å²) in [6, 6.07) is 5.33. The van der Waals surface area contributed by atoms with Crippen molar-refractivity contribution in [3.05, 3.63) is 23.2 Å². The number of anilines is 2. The Morgan fingerprint density at radius 3 is 2.53 bits per heavy atom. The van der Waals surface area contributed by atoms with Gasteiger partial charge in [-0.25, -0.2) is 0 Å². The molecule has 1 aromatic rings. The van der Waals surface area contributed by atoms with Crippen molar-refractivity contribution in [1.29, 1.82) is 0 Å². The van der Waals surface area contributed by atoms with Crippen LogP contribution in [0.1, 0.15) is 25.7 Å². The maximum absolute atomic E-state index is 12.1. The highest BCUT2D eigenvalue weighted by molar-refractivity contribution is 6.33. The number of hydrogen-bond acceptors (Lipinski definition) is 3. The van der Waals surface area contributed by atoms with Gasteiger partial charge in [-0.2, -0.15) is 0 Å². The number of rotatable bonds is 3. The molecule has 1 aliphatic rings. The van der Waals surface area contributed by atoms with E-state index in [-0.39, 0.29) is 5.91 Å². The Kier molecular flexibility index (Phi) is 4.02. The van der Waals surface area contributed by atoms with E-state index in [1.807, 2.05) is 25.1 Å². The summed E-state index contributed by atoms with van der Waals surface area (Å²) < 4.78 is 0. The van der Waals surface area contributed by atoms with Crippen LogP contribution in [-0.2, 0) is 4.79 Å². The van der Waals surface area contributed by atoms with Crippen molar-refractivity contribution in [3.63, 3.8) is 0 Å². The van der Waals surface area contributed by atoms with Gasteiger partial charge in [0.1, 0.15) is 5.60 Å². The van der Waals surface area contributed by atoms with Crippen molar-refractivity contribution >= 4 is 28.9 Å². The van der Waals surface area contributed by atoms with Crippen LogP contribution in [0.5, 0.6) is 0 Å². The van der Waals surface area contributed by atoms with E-state index >= 15 is 0 Å². The summed E-state index contributed by atoms with van der Waals surface area (Å²) in [6.45, 7) is 0. The van der Waals surface area contributed by atoms with Crippen molar-refractivity contribution in [2.24, 2.45) is 0 Å². The van der Waals surface area contributed by atoms with Crippen LogP contribution in [0.15, 0.2) is 18.2 Å². The van der Waals surface area contributed by atoms with Crippen molar-refractivity contribution in [3.8, 4) is 0 Å². The first kappa shape index (κ1) is 14.2. The van der Waals surface area contributed by atoms with Crippen LogP contribution in [0, 0.1) is 0 Å². The lowest BCUT2D eigenvalue weighted by atomic mass is 10.0. The number of benzene rings is 1. The molecule has 1 fully saturated rings. The van der Waals surface area contributed by atoms with Crippen LogP contribution in [0.4, 0.5) is 11.4 Å². The van der Waals surface area contributed by atoms with E-state index in [0.29, 0.717) is 23.6 Å². The molecule has 0 unspecified atom stereocenters. The first-order valence-corrected chi connectivity index (χ1v) is 6.81. The first-order chi connectivity index (χ1) is 8.92. The number of nitrogens with one attached hydrogen (secondary N) is 1. The van der Waals surface area contributed by atoms with Crippen molar-refractivity contribution in [1.82, 2.24) is 0 Å². The van der Waals surface area contributed by atoms with E-state index in [0.717, 1.165) is 18.5 Å². The van der Waals surface area contributed by atoms with Crippen LogP contribution in [-0.4, -0.2) is 30.7 Å². The standard InChI is InChI=1S/C14H19ClN2O2/c1-17(2)12-6-5-10(9-11(12)15)16-13(18)14(19)7-3-4-8-14/h5-6,9,19H,3-4,7-8H2,1-2H3,(H,16,18). The van der Waals surface area contributed by atoms with Gasteiger partial charge in [0.2, 0.25) is 0 Å². The SMILES string of the molecule is CN(C)c1ccc(NC(=O)C2(O)CCCC2)cc1Cl. The minimum Gasteiger partial charge on any atom is -0.380 e. The topological polar surface area (TPSA) is 52.6 Å². The molecule has 0 radical (unpaired) electrons. The van der Waals surface area contributed by atoms with Gasteiger partial charge in [0, 0.05) is 19.8 Å². The van der Waals surface area contributed by atoms with Gasteiger partial charge in [0.05, 0.1) is 10.7 Å². The average Bonchev–Trinajstić information content (AvgIpc) is 2.77. The fourth-order valence-corrected chi connectivity index (χ4v) is 2.73. The molecule has 1 saturated carbocycles. The molecule has 0 heterocycles. The molecule has 1 aromatic carbocycles. The highest BCUT2D eigenvalue weighted by atomic mass is 35.5. The minimum absolute atomic E-state index is 0.335. The molecular weight excluding hydrogens is 264 g/mol. The maximum atomic E-state index is 12.1. The maximum Gasteiger partial charge on any atom is 0.256 e. The largest absolute Gasteiger partial charge is 0.380 e.